The molecule has 1 aliphatic heterocycles. The second kappa shape index (κ2) is 6.24. The SMILES string of the molecule is C[C@H](c1ccccn1)N1CCC(n2c(=O)[nH]c3ccccc32)CC1. The highest BCUT2D eigenvalue weighted by atomic mass is 16.1. The number of likely N-dealkylation sites (tertiary alicyclic amines) is 1. The predicted molar refractivity (Wildman–Crippen MR) is 95.1 cm³/mol. The number of piperidine rings is 1. The van der Waals surface area contributed by atoms with Crippen LogP contribution in [-0.4, -0.2) is 32.5 Å². The van der Waals surface area contributed by atoms with Crippen molar-refractivity contribution in [3.8, 4) is 0 Å². The summed E-state index contributed by atoms with van der Waals surface area (Å²) in [5.74, 6) is 0. The highest BCUT2D eigenvalue weighted by Crippen LogP contribution is 2.29. The Balaban J connectivity index is 1.52. The van der Waals surface area contributed by atoms with Crippen molar-refractivity contribution in [3.63, 3.8) is 0 Å². The van der Waals surface area contributed by atoms with E-state index in [0.29, 0.717) is 6.04 Å². The molecule has 1 atom stereocenters. The van der Waals surface area contributed by atoms with Gasteiger partial charge in [0.15, 0.2) is 0 Å². The maximum atomic E-state index is 12.4. The first-order valence-electron chi connectivity index (χ1n) is 8.58. The predicted octanol–water partition coefficient (Wildman–Crippen LogP) is 3.12. The number of fused-ring (bicyclic) bond motifs is 1. The second-order valence-electron chi connectivity index (χ2n) is 6.52. The first kappa shape index (κ1) is 15.1. The quantitative estimate of drug-likeness (QED) is 0.806. The lowest BCUT2D eigenvalue weighted by atomic mass is 10.0. The number of pyridine rings is 1. The zero-order valence-electron chi connectivity index (χ0n) is 13.9. The number of aromatic nitrogens is 3. The van der Waals surface area contributed by atoms with E-state index in [4.69, 9.17) is 0 Å². The number of imidazole rings is 1. The molecule has 0 amide bonds. The van der Waals surface area contributed by atoms with Gasteiger partial charge in [-0.1, -0.05) is 18.2 Å². The number of aromatic amines is 1. The van der Waals surface area contributed by atoms with E-state index in [2.05, 4.69) is 27.9 Å². The Bertz CT molecular complexity index is 875. The number of para-hydroxylation sites is 2. The molecule has 5 nitrogen and oxygen atoms in total. The van der Waals surface area contributed by atoms with Crippen LogP contribution >= 0.6 is 0 Å². The number of nitrogens with one attached hydrogen (secondary N) is 1. The van der Waals surface area contributed by atoms with Crippen LogP contribution < -0.4 is 5.69 Å². The standard InChI is InChI=1S/C19H22N4O/c1-14(16-6-4-5-11-20-16)22-12-9-15(10-13-22)23-18-8-3-2-7-17(18)21-19(23)24/h2-8,11,14-15H,9-10,12-13H2,1H3,(H,21,24)/t14-/m1/s1. The van der Waals surface area contributed by atoms with E-state index in [-0.39, 0.29) is 11.7 Å². The van der Waals surface area contributed by atoms with Gasteiger partial charge in [0.25, 0.3) is 0 Å². The Morgan fingerprint density at radius 2 is 1.88 bits per heavy atom. The first-order valence-corrected chi connectivity index (χ1v) is 8.58. The summed E-state index contributed by atoms with van der Waals surface area (Å²) in [6, 6.07) is 14.6. The van der Waals surface area contributed by atoms with Gasteiger partial charge in [0.2, 0.25) is 0 Å². The largest absolute Gasteiger partial charge is 0.326 e. The second-order valence-corrected chi connectivity index (χ2v) is 6.52. The minimum atomic E-state index is 0.00687. The zero-order valence-corrected chi connectivity index (χ0v) is 13.9. The minimum Gasteiger partial charge on any atom is -0.306 e. The average Bonchev–Trinajstić information content (AvgIpc) is 2.98. The Morgan fingerprint density at radius 3 is 2.62 bits per heavy atom. The number of H-pyrrole nitrogens is 1. The topological polar surface area (TPSA) is 53.9 Å². The lowest BCUT2D eigenvalue weighted by Gasteiger charge is -2.36. The molecule has 4 rings (SSSR count). The number of nitrogens with zero attached hydrogens (tertiary/aromatic N) is 3. The molecule has 0 saturated carbocycles. The summed E-state index contributed by atoms with van der Waals surface area (Å²) in [6.07, 6.45) is 3.82. The van der Waals surface area contributed by atoms with Crippen LogP contribution in [0.25, 0.3) is 11.0 Å². The molecule has 1 fully saturated rings. The molecule has 5 heteroatoms. The number of rotatable bonds is 3. The number of benzene rings is 1. The summed E-state index contributed by atoms with van der Waals surface area (Å²) < 4.78 is 1.94. The van der Waals surface area contributed by atoms with Crippen molar-refractivity contribution < 1.29 is 0 Å². The van der Waals surface area contributed by atoms with E-state index in [0.717, 1.165) is 42.7 Å². The smallest absolute Gasteiger partial charge is 0.306 e. The molecule has 1 aliphatic rings. The molecular weight excluding hydrogens is 300 g/mol. The molecule has 1 N–H and O–H groups in total. The highest BCUT2D eigenvalue weighted by Gasteiger charge is 2.26. The molecular formula is C19H22N4O. The van der Waals surface area contributed by atoms with Gasteiger partial charge in [-0.2, -0.15) is 0 Å². The van der Waals surface area contributed by atoms with Crippen molar-refractivity contribution in [1.82, 2.24) is 19.4 Å². The van der Waals surface area contributed by atoms with Gasteiger partial charge in [-0.25, -0.2) is 4.79 Å². The monoisotopic (exact) mass is 322 g/mol. The lowest BCUT2D eigenvalue weighted by molar-refractivity contribution is 0.141. The number of hydrogen-bond acceptors (Lipinski definition) is 3. The van der Waals surface area contributed by atoms with Crippen LogP contribution in [0.1, 0.15) is 37.5 Å². The molecule has 0 unspecified atom stereocenters. The lowest BCUT2D eigenvalue weighted by Crippen LogP contribution is -2.38. The fraction of sp³-hybridized carbons (Fsp3) is 0.368. The van der Waals surface area contributed by atoms with E-state index in [1.807, 2.05) is 47.2 Å². The summed E-state index contributed by atoms with van der Waals surface area (Å²) in [5.41, 5.74) is 3.05. The van der Waals surface area contributed by atoms with Crippen molar-refractivity contribution in [2.45, 2.75) is 31.8 Å². The summed E-state index contributed by atoms with van der Waals surface area (Å²) in [6.45, 7) is 4.17. The molecule has 3 aromatic rings. The molecule has 3 heterocycles. The third kappa shape index (κ3) is 2.65. The van der Waals surface area contributed by atoms with Crippen LogP contribution in [0.2, 0.25) is 0 Å². The third-order valence-electron chi connectivity index (χ3n) is 5.15. The summed E-state index contributed by atoms with van der Waals surface area (Å²) in [5, 5.41) is 0. The van der Waals surface area contributed by atoms with Crippen molar-refractivity contribution in [2.24, 2.45) is 0 Å². The average molecular weight is 322 g/mol. The molecule has 0 radical (unpaired) electrons. The van der Waals surface area contributed by atoms with Crippen molar-refractivity contribution in [3.05, 3.63) is 64.8 Å². The fourth-order valence-corrected chi connectivity index (χ4v) is 3.78. The zero-order chi connectivity index (χ0) is 16.5. The molecule has 0 bridgehead atoms. The van der Waals surface area contributed by atoms with Gasteiger partial charge in [0, 0.05) is 31.4 Å². The van der Waals surface area contributed by atoms with Crippen molar-refractivity contribution >= 4 is 11.0 Å². The van der Waals surface area contributed by atoms with Gasteiger partial charge in [0.1, 0.15) is 0 Å². The van der Waals surface area contributed by atoms with Gasteiger partial charge >= 0.3 is 5.69 Å². The minimum absolute atomic E-state index is 0.00687. The van der Waals surface area contributed by atoms with E-state index < -0.39 is 0 Å². The van der Waals surface area contributed by atoms with E-state index in [9.17, 15) is 4.79 Å². The fourth-order valence-electron chi connectivity index (χ4n) is 3.78. The van der Waals surface area contributed by atoms with Gasteiger partial charge in [-0.05, 0) is 44.0 Å². The molecule has 24 heavy (non-hydrogen) atoms. The molecule has 1 saturated heterocycles. The first-order chi connectivity index (χ1) is 11.7. The highest BCUT2D eigenvalue weighted by molar-refractivity contribution is 5.75. The van der Waals surface area contributed by atoms with Crippen LogP contribution in [-0.2, 0) is 0 Å². The van der Waals surface area contributed by atoms with Gasteiger partial charge in [-0.3, -0.25) is 14.5 Å². The van der Waals surface area contributed by atoms with Crippen molar-refractivity contribution in [2.75, 3.05) is 13.1 Å². The molecule has 2 aromatic heterocycles. The van der Waals surface area contributed by atoms with Crippen LogP contribution in [0, 0.1) is 0 Å². The van der Waals surface area contributed by atoms with Crippen LogP contribution in [0.5, 0.6) is 0 Å². The molecule has 1 aromatic carbocycles. The van der Waals surface area contributed by atoms with Gasteiger partial charge < -0.3 is 4.98 Å². The summed E-state index contributed by atoms with van der Waals surface area (Å²) in [7, 11) is 0. The van der Waals surface area contributed by atoms with Gasteiger partial charge in [-0.15, -0.1) is 0 Å². The maximum absolute atomic E-state index is 12.4. The normalized spacial score (nSPS) is 18.0. The van der Waals surface area contributed by atoms with E-state index >= 15 is 0 Å². The summed E-state index contributed by atoms with van der Waals surface area (Å²) >= 11 is 0. The van der Waals surface area contributed by atoms with Gasteiger partial charge in [0.05, 0.1) is 16.7 Å². The van der Waals surface area contributed by atoms with Crippen molar-refractivity contribution in [1.29, 1.82) is 0 Å². The van der Waals surface area contributed by atoms with E-state index in [1.54, 1.807) is 0 Å². The Labute approximate surface area is 140 Å². The molecule has 124 valence electrons. The van der Waals surface area contributed by atoms with E-state index in [1.165, 1.54) is 0 Å². The Morgan fingerprint density at radius 1 is 1.12 bits per heavy atom. The Kier molecular flexibility index (Phi) is 3.94. The van der Waals surface area contributed by atoms with Crippen LogP contribution in [0.15, 0.2) is 53.5 Å². The third-order valence-corrected chi connectivity index (χ3v) is 5.15. The summed E-state index contributed by atoms with van der Waals surface area (Å²) in [4.78, 5) is 22.3. The molecule has 0 aliphatic carbocycles. The Hall–Kier alpha value is -2.40. The van der Waals surface area contributed by atoms with Crippen LogP contribution in [0.3, 0.4) is 0 Å². The molecule has 0 spiro atoms. The maximum Gasteiger partial charge on any atom is 0.326 e. The van der Waals surface area contributed by atoms with Crippen LogP contribution in [0.4, 0.5) is 0 Å². The number of hydrogen-bond donors (Lipinski definition) is 1.